The van der Waals surface area contributed by atoms with Crippen molar-refractivity contribution in [3.05, 3.63) is 59.2 Å². The lowest BCUT2D eigenvalue weighted by atomic mass is 10.0. The van der Waals surface area contributed by atoms with Gasteiger partial charge in [0.2, 0.25) is 21.8 Å². The van der Waals surface area contributed by atoms with Gasteiger partial charge in [-0.1, -0.05) is 43.7 Å². The molecule has 1 aliphatic heterocycles. The SMILES string of the molecule is CC(=O)N1CCCc2cc(S(=O)(=O)N[C@H](C(=O)NCc3ccc(C)cc3)C(C)C)ccc21. The summed E-state index contributed by atoms with van der Waals surface area (Å²) in [4.78, 5) is 26.4. The summed E-state index contributed by atoms with van der Waals surface area (Å²) in [6, 6.07) is 11.7. The van der Waals surface area contributed by atoms with E-state index in [4.69, 9.17) is 0 Å². The predicted octanol–water partition coefficient (Wildman–Crippen LogP) is 2.91. The zero-order chi connectivity index (χ0) is 23.5. The van der Waals surface area contributed by atoms with Crippen molar-refractivity contribution in [3.8, 4) is 0 Å². The molecule has 2 aromatic carbocycles. The van der Waals surface area contributed by atoms with Crippen LogP contribution in [0.1, 0.15) is 43.9 Å². The van der Waals surface area contributed by atoms with Gasteiger partial charge in [-0.3, -0.25) is 9.59 Å². The molecule has 32 heavy (non-hydrogen) atoms. The lowest BCUT2D eigenvalue weighted by Gasteiger charge is -2.29. The number of hydrogen-bond acceptors (Lipinski definition) is 4. The maximum Gasteiger partial charge on any atom is 0.241 e. The number of carbonyl (C=O) groups excluding carboxylic acids is 2. The van der Waals surface area contributed by atoms with Gasteiger partial charge in [-0.25, -0.2) is 8.42 Å². The minimum Gasteiger partial charge on any atom is -0.351 e. The van der Waals surface area contributed by atoms with Crippen LogP contribution in [-0.2, 0) is 32.6 Å². The molecule has 172 valence electrons. The molecule has 0 fully saturated rings. The molecule has 0 bridgehead atoms. The summed E-state index contributed by atoms with van der Waals surface area (Å²) >= 11 is 0. The standard InChI is InChI=1S/C24H31N3O4S/c1-16(2)23(24(29)25-15-19-9-7-17(3)8-10-19)26-32(30,31)21-11-12-22-20(14-21)6-5-13-27(22)18(4)28/h7-12,14,16,23,26H,5-6,13,15H2,1-4H3,(H,25,29)/t23-/m0/s1. The number of benzene rings is 2. The van der Waals surface area contributed by atoms with Crippen molar-refractivity contribution >= 4 is 27.5 Å². The Labute approximate surface area is 190 Å². The van der Waals surface area contributed by atoms with Crippen LogP contribution < -0.4 is 14.9 Å². The maximum absolute atomic E-state index is 13.1. The largest absolute Gasteiger partial charge is 0.351 e. The molecule has 0 saturated heterocycles. The average Bonchev–Trinajstić information content (AvgIpc) is 2.75. The summed E-state index contributed by atoms with van der Waals surface area (Å²) in [6.45, 7) is 8.05. The molecular weight excluding hydrogens is 426 g/mol. The summed E-state index contributed by atoms with van der Waals surface area (Å²) in [5.74, 6) is -0.678. The van der Waals surface area contributed by atoms with Gasteiger partial charge >= 0.3 is 0 Å². The van der Waals surface area contributed by atoms with Crippen LogP contribution in [0.5, 0.6) is 0 Å². The topological polar surface area (TPSA) is 95.6 Å². The van der Waals surface area contributed by atoms with Crippen molar-refractivity contribution in [3.63, 3.8) is 0 Å². The fourth-order valence-electron chi connectivity index (χ4n) is 3.80. The third kappa shape index (κ3) is 5.55. The Bertz CT molecular complexity index is 1090. The first kappa shape index (κ1) is 23.9. The van der Waals surface area contributed by atoms with Gasteiger partial charge in [0.05, 0.1) is 4.90 Å². The van der Waals surface area contributed by atoms with Gasteiger partial charge in [0.1, 0.15) is 6.04 Å². The number of hydrogen-bond donors (Lipinski definition) is 2. The van der Waals surface area contributed by atoms with E-state index in [1.807, 2.05) is 31.2 Å². The maximum atomic E-state index is 13.1. The van der Waals surface area contributed by atoms with Crippen LogP contribution in [0.2, 0.25) is 0 Å². The van der Waals surface area contributed by atoms with Gasteiger partial charge in [0.25, 0.3) is 0 Å². The van der Waals surface area contributed by atoms with Crippen molar-refractivity contribution < 1.29 is 18.0 Å². The Balaban J connectivity index is 1.75. The zero-order valence-electron chi connectivity index (χ0n) is 19.0. The molecule has 3 rings (SSSR count). The van der Waals surface area contributed by atoms with Crippen molar-refractivity contribution in [2.45, 2.75) is 58.0 Å². The summed E-state index contributed by atoms with van der Waals surface area (Å²) in [6.07, 6.45) is 1.48. The number of nitrogens with zero attached hydrogens (tertiary/aromatic N) is 1. The third-order valence-electron chi connectivity index (χ3n) is 5.68. The number of carbonyl (C=O) groups is 2. The molecule has 0 aliphatic carbocycles. The van der Waals surface area contributed by atoms with E-state index in [0.29, 0.717) is 19.5 Å². The zero-order valence-corrected chi connectivity index (χ0v) is 19.8. The lowest BCUT2D eigenvalue weighted by Crippen LogP contribution is -2.49. The van der Waals surface area contributed by atoms with E-state index in [1.165, 1.54) is 13.0 Å². The highest BCUT2D eigenvalue weighted by molar-refractivity contribution is 7.89. The van der Waals surface area contributed by atoms with E-state index < -0.39 is 16.1 Å². The van der Waals surface area contributed by atoms with Crippen molar-refractivity contribution in [1.29, 1.82) is 0 Å². The highest BCUT2D eigenvalue weighted by Crippen LogP contribution is 2.29. The van der Waals surface area contributed by atoms with Crippen molar-refractivity contribution in [2.75, 3.05) is 11.4 Å². The van der Waals surface area contributed by atoms with Crippen LogP contribution in [0, 0.1) is 12.8 Å². The molecular formula is C24H31N3O4S. The van der Waals surface area contributed by atoms with Gasteiger partial charge < -0.3 is 10.2 Å². The van der Waals surface area contributed by atoms with Crippen LogP contribution in [0.15, 0.2) is 47.4 Å². The molecule has 1 atom stereocenters. The quantitative estimate of drug-likeness (QED) is 0.668. The minimum absolute atomic E-state index is 0.0650. The number of rotatable bonds is 7. The number of sulfonamides is 1. The molecule has 0 saturated carbocycles. The first-order valence-corrected chi connectivity index (χ1v) is 12.3. The van der Waals surface area contributed by atoms with Crippen LogP contribution in [0.4, 0.5) is 5.69 Å². The molecule has 0 spiro atoms. The molecule has 0 aromatic heterocycles. The van der Waals surface area contributed by atoms with E-state index in [9.17, 15) is 18.0 Å². The minimum atomic E-state index is -3.92. The van der Waals surface area contributed by atoms with Crippen molar-refractivity contribution in [1.82, 2.24) is 10.0 Å². The number of fused-ring (bicyclic) bond motifs is 1. The summed E-state index contributed by atoms with van der Waals surface area (Å²) in [5, 5.41) is 2.83. The Hall–Kier alpha value is -2.71. The Kier molecular flexibility index (Phi) is 7.36. The summed E-state index contributed by atoms with van der Waals surface area (Å²) in [5.41, 5.74) is 3.64. The van der Waals surface area contributed by atoms with E-state index in [1.54, 1.807) is 30.9 Å². The second-order valence-corrected chi connectivity index (χ2v) is 10.3. The van der Waals surface area contributed by atoms with Crippen LogP contribution in [0.3, 0.4) is 0 Å². The predicted molar refractivity (Wildman–Crippen MR) is 125 cm³/mol. The molecule has 0 radical (unpaired) electrons. The Morgan fingerprint density at radius 2 is 1.78 bits per heavy atom. The first-order chi connectivity index (χ1) is 15.1. The fourth-order valence-corrected chi connectivity index (χ4v) is 5.19. The molecule has 7 nitrogen and oxygen atoms in total. The smallest absolute Gasteiger partial charge is 0.241 e. The third-order valence-corrected chi connectivity index (χ3v) is 7.12. The van der Waals surface area contributed by atoms with Crippen LogP contribution in [0.25, 0.3) is 0 Å². The van der Waals surface area contributed by atoms with E-state index in [2.05, 4.69) is 10.0 Å². The van der Waals surface area contributed by atoms with Gasteiger partial charge in [-0.05, 0) is 55.0 Å². The summed E-state index contributed by atoms with van der Waals surface area (Å²) in [7, 11) is -3.92. The molecule has 1 aliphatic rings. The van der Waals surface area contributed by atoms with Crippen LogP contribution in [-0.4, -0.2) is 32.8 Å². The number of nitrogens with one attached hydrogen (secondary N) is 2. The second-order valence-electron chi connectivity index (χ2n) is 8.61. The Morgan fingerprint density at radius 3 is 2.41 bits per heavy atom. The molecule has 2 amide bonds. The molecule has 8 heteroatoms. The molecule has 2 aromatic rings. The van der Waals surface area contributed by atoms with Gasteiger partial charge in [-0.2, -0.15) is 4.72 Å². The summed E-state index contributed by atoms with van der Waals surface area (Å²) < 4.78 is 28.8. The normalized spacial score (nSPS) is 14.7. The Morgan fingerprint density at radius 1 is 1.09 bits per heavy atom. The van der Waals surface area contributed by atoms with E-state index >= 15 is 0 Å². The van der Waals surface area contributed by atoms with Gasteiger partial charge in [-0.15, -0.1) is 0 Å². The lowest BCUT2D eigenvalue weighted by molar-refractivity contribution is -0.123. The van der Waals surface area contributed by atoms with Gasteiger partial charge in [0.15, 0.2) is 0 Å². The monoisotopic (exact) mass is 457 g/mol. The fraction of sp³-hybridized carbons (Fsp3) is 0.417. The van der Waals surface area contributed by atoms with E-state index in [0.717, 1.165) is 28.8 Å². The van der Waals surface area contributed by atoms with Crippen molar-refractivity contribution in [2.24, 2.45) is 5.92 Å². The molecule has 1 heterocycles. The molecule has 2 N–H and O–H groups in total. The highest BCUT2D eigenvalue weighted by Gasteiger charge is 2.29. The average molecular weight is 458 g/mol. The second kappa shape index (κ2) is 9.83. The van der Waals surface area contributed by atoms with E-state index in [-0.39, 0.29) is 22.6 Å². The van der Waals surface area contributed by atoms with Gasteiger partial charge in [0, 0.05) is 25.7 Å². The number of aryl methyl sites for hydroxylation is 2. The number of amides is 2. The highest BCUT2D eigenvalue weighted by atomic mass is 32.2. The van der Waals surface area contributed by atoms with Crippen LogP contribution >= 0.6 is 0 Å². The number of anilines is 1. The first-order valence-electron chi connectivity index (χ1n) is 10.8. The molecule has 0 unspecified atom stereocenters.